The first kappa shape index (κ1) is 16.4. The average Bonchev–Trinajstić information content (AvgIpc) is 2.94. The number of rotatable bonds is 7. The van der Waals surface area contributed by atoms with Crippen molar-refractivity contribution in [2.24, 2.45) is 0 Å². The van der Waals surface area contributed by atoms with E-state index in [9.17, 15) is 13.2 Å². The van der Waals surface area contributed by atoms with Gasteiger partial charge in [0.1, 0.15) is 0 Å². The van der Waals surface area contributed by atoms with Gasteiger partial charge in [0.2, 0.25) is 10.0 Å². The minimum Gasteiger partial charge on any atom is -0.306 e. The molecule has 0 aliphatic heterocycles. The molecule has 0 spiro atoms. The van der Waals surface area contributed by atoms with Crippen LogP contribution in [0.4, 0.5) is 0 Å². The highest BCUT2D eigenvalue weighted by Gasteiger charge is 2.14. The number of H-pyrrole nitrogens is 2. The highest BCUT2D eigenvalue weighted by molar-refractivity contribution is 7.89. The maximum absolute atomic E-state index is 12.3. The summed E-state index contributed by atoms with van der Waals surface area (Å²) in [5.41, 5.74) is 1.83. The van der Waals surface area contributed by atoms with E-state index in [1.165, 1.54) is 12.1 Å². The van der Waals surface area contributed by atoms with Crippen molar-refractivity contribution in [1.82, 2.24) is 19.7 Å². The zero-order valence-corrected chi connectivity index (χ0v) is 13.8. The van der Waals surface area contributed by atoms with Gasteiger partial charge in [-0.2, -0.15) is 0 Å². The van der Waals surface area contributed by atoms with Crippen LogP contribution >= 0.6 is 0 Å². The van der Waals surface area contributed by atoms with Crippen LogP contribution in [0.3, 0.4) is 0 Å². The minimum atomic E-state index is -3.59. The van der Waals surface area contributed by atoms with E-state index in [0.29, 0.717) is 17.6 Å². The Hall–Kier alpha value is -2.45. The van der Waals surface area contributed by atoms with E-state index in [-0.39, 0.29) is 10.6 Å². The maximum Gasteiger partial charge on any atom is 0.323 e. The van der Waals surface area contributed by atoms with Crippen molar-refractivity contribution in [3.63, 3.8) is 0 Å². The molecule has 0 fully saturated rings. The molecule has 7 nitrogen and oxygen atoms in total. The molecule has 3 aromatic rings. The number of imidazole rings is 1. The Kier molecular flexibility index (Phi) is 4.77. The van der Waals surface area contributed by atoms with E-state index in [4.69, 9.17) is 0 Å². The Morgan fingerprint density at radius 2 is 1.92 bits per heavy atom. The molecule has 0 aliphatic rings. The summed E-state index contributed by atoms with van der Waals surface area (Å²) in [6.45, 7) is 0.365. The number of pyridine rings is 1. The van der Waals surface area contributed by atoms with Gasteiger partial charge in [-0.15, -0.1) is 0 Å². The van der Waals surface area contributed by atoms with Gasteiger partial charge in [0, 0.05) is 18.9 Å². The molecule has 3 rings (SSSR count). The van der Waals surface area contributed by atoms with E-state index in [0.717, 1.165) is 24.8 Å². The lowest BCUT2D eigenvalue weighted by atomic mass is 10.1. The number of fused-ring (bicyclic) bond motifs is 1. The van der Waals surface area contributed by atoms with Crippen LogP contribution in [0.5, 0.6) is 0 Å². The van der Waals surface area contributed by atoms with Gasteiger partial charge in [0.05, 0.1) is 15.9 Å². The molecule has 0 radical (unpaired) electrons. The summed E-state index contributed by atoms with van der Waals surface area (Å²) in [7, 11) is -3.59. The summed E-state index contributed by atoms with van der Waals surface area (Å²) in [5.74, 6) is 0. The predicted molar refractivity (Wildman–Crippen MR) is 91.3 cm³/mol. The van der Waals surface area contributed by atoms with Gasteiger partial charge in [-0.1, -0.05) is 6.07 Å². The Labute approximate surface area is 139 Å². The van der Waals surface area contributed by atoms with Crippen LogP contribution < -0.4 is 10.4 Å². The fraction of sp³-hybridized carbons (Fsp3) is 0.250. The second-order valence-electron chi connectivity index (χ2n) is 5.50. The van der Waals surface area contributed by atoms with Gasteiger partial charge in [-0.05, 0) is 49.1 Å². The fourth-order valence-corrected chi connectivity index (χ4v) is 3.57. The van der Waals surface area contributed by atoms with Gasteiger partial charge in [-0.25, -0.2) is 17.9 Å². The largest absolute Gasteiger partial charge is 0.323 e. The topological polar surface area (TPSA) is 108 Å². The van der Waals surface area contributed by atoms with Gasteiger partial charge < -0.3 is 9.97 Å². The van der Waals surface area contributed by atoms with E-state index in [1.54, 1.807) is 12.3 Å². The molecule has 126 valence electrons. The van der Waals surface area contributed by atoms with Crippen LogP contribution in [0.15, 0.2) is 52.4 Å². The number of hydrogen-bond donors (Lipinski definition) is 3. The van der Waals surface area contributed by atoms with Crippen LogP contribution in [0, 0.1) is 0 Å². The Morgan fingerprint density at radius 1 is 1.08 bits per heavy atom. The highest BCUT2D eigenvalue weighted by atomic mass is 32.2. The maximum atomic E-state index is 12.3. The molecular weight excluding hydrogens is 328 g/mol. The second kappa shape index (κ2) is 6.98. The van der Waals surface area contributed by atoms with Crippen LogP contribution in [-0.4, -0.2) is 29.9 Å². The monoisotopic (exact) mass is 346 g/mol. The summed E-state index contributed by atoms with van der Waals surface area (Å²) in [5, 5.41) is 0. The first-order valence-electron chi connectivity index (χ1n) is 7.65. The summed E-state index contributed by atoms with van der Waals surface area (Å²) in [6, 6.07) is 8.39. The van der Waals surface area contributed by atoms with E-state index in [1.807, 2.05) is 18.3 Å². The number of sulfonamides is 1. The van der Waals surface area contributed by atoms with Gasteiger partial charge in [0.25, 0.3) is 0 Å². The number of aromatic nitrogens is 3. The molecule has 24 heavy (non-hydrogen) atoms. The normalized spacial score (nSPS) is 11.8. The molecule has 0 bridgehead atoms. The molecule has 0 saturated carbocycles. The van der Waals surface area contributed by atoms with Crippen LogP contribution in [0.2, 0.25) is 0 Å². The lowest BCUT2D eigenvalue weighted by Gasteiger charge is -2.07. The molecule has 3 N–H and O–H groups in total. The minimum absolute atomic E-state index is 0.137. The highest BCUT2D eigenvalue weighted by Crippen LogP contribution is 2.15. The first-order chi connectivity index (χ1) is 11.5. The molecular formula is C16H18N4O3S. The lowest BCUT2D eigenvalue weighted by molar-refractivity contribution is 0.577. The number of aromatic amines is 2. The number of unbranched alkanes of at least 4 members (excludes halogenated alkanes) is 1. The SMILES string of the molecule is O=c1[nH]c2ccc(S(=O)(=O)NCCCCc3cccnc3)cc2[nH]1. The third kappa shape index (κ3) is 3.90. The Bertz CT molecular complexity index is 977. The number of nitrogens with one attached hydrogen (secondary N) is 3. The molecule has 0 unspecified atom stereocenters. The third-order valence-electron chi connectivity index (χ3n) is 3.70. The molecule has 1 aromatic carbocycles. The van der Waals surface area contributed by atoms with Crippen molar-refractivity contribution in [2.75, 3.05) is 6.54 Å². The van der Waals surface area contributed by atoms with E-state index >= 15 is 0 Å². The summed E-state index contributed by atoms with van der Waals surface area (Å²) in [4.78, 5) is 20.6. The molecule has 8 heteroatoms. The Balaban J connectivity index is 1.56. The zero-order chi connectivity index (χ0) is 17.0. The second-order valence-corrected chi connectivity index (χ2v) is 7.27. The molecule has 0 atom stereocenters. The van der Waals surface area contributed by atoms with Gasteiger partial charge >= 0.3 is 5.69 Å². The standard InChI is InChI=1S/C16H18N4O3S/c21-16-19-14-7-6-13(10-15(14)20-16)24(22,23)18-9-2-1-4-12-5-3-8-17-11-12/h3,5-8,10-11,18H,1-2,4,9H2,(H2,19,20,21). The molecule has 0 amide bonds. The van der Waals surface area contributed by atoms with Crippen molar-refractivity contribution < 1.29 is 8.42 Å². The lowest BCUT2D eigenvalue weighted by Crippen LogP contribution is -2.24. The molecule has 0 aliphatic carbocycles. The van der Waals surface area contributed by atoms with Crippen LogP contribution in [-0.2, 0) is 16.4 Å². The fourth-order valence-electron chi connectivity index (χ4n) is 2.47. The van der Waals surface area contributed by atoms with Crippen molar-refractivity contribution >= 4 is 21.1 Å². The predicted octanol–water partition coefficient (Wildman–Crippen LogP) is 1.55. The van der Waals surface area contributed by atoms with Crippen molar-refractivity contribution in [1.29, 1.82) is 0 Å². The zero-order valence-electron chi connectivity index (χ0n) is 13.0. The summed E-state index contributed by atoms with van der Waals surface area (Å²) < 4.78 is 27.2. The molecule has 2 aromatic heterocycles. The van der Waals surface area contributed by atoms with Gasteiger partial charge in [0.15, 0.2) is 0 Å². The molecule has 0 saturated heterocycles. The van der Waals surface area contributed by atoms with Gasteiger partial charge in [-0.3, -0.25) is 4.98 Å². The van der Waals surface area contributed by atoms with E-state index in [2.05, 4.69) is 19.7 Å². The van der Waals surface area contributed by atoms with Crippen LogP contribution in [0.25, 0.3) is 11.0 Å². The number of nitrogens with zero attached hydrogens (tertiary/aromatic N) is 1. The number of aryl methyl sites for hydroxylation is 1. The van der Waals surface area contributed by atoms with Crippen molar-refractivity contribution in [3.05, 3.63) is 58.8 Å². The summed E-state index contributed by atoms with van der Waals surface area (Å²) >= 11 is 0. The quantitative estimate of drug-likeness (QED) is 0.564. The molecule has 2 heterocycles. The Morgan fingerprint density at radius 3 is 2.71 bits per heavy atom. The van der Waals surface area contributed by atoms with E-state index < -0.39 is 10.0 Å². The van der Waals surface area contributed by atoms with Crippen LogP contribution in [0.1, 0.15) is 18.4 Å². The smallest absolute Gasteiger partial charge is 0.306 e. The van der Waals surface area contributed by atoms with Crippen molar-refractivity contribution in [2.45, 2.75) is 24.2 Å². The third-order valence-corrected chi connectivity index (χ3v) is 5.16. The first-order valence-corrected chi connectivity index (χ1v) is 9.13. The average molecular weight is 346 g/mol. The summed E-state index contributed by atoms with van der Waals surface area (Å²) in [6.07, 6.45) is 6.02. The number of hydrogen-bond acceptors (Lipinski definition) is 4. The van der Waals surface area contributed by atoms with Crippen molar-refractivity contribution in [3.8, 4) is 0 Å². The number of benzene rings is 1.